The van der Waals surface area contributed by atoms with Crippen molar-refractivity contribution in [3.05, 3.63) is 0 Å². The van der Waals surface area contributed by atoms with Gasteiger partial charge in [-0.1, -0.05) is 47.5 Å². The minimum Gasteiger partial charge on any atom is -0.339 e. The molecule has 1 heterocycles. The van der Waals surface area contributed by atoms with Crippen LogP contribution in [-0.4, -0.2) is 53.1 Å². The van der Waals surface area contributed by atoms with Gasteiger partial charge in [0.15, 0.2) is 0 Å². The molecule has 0 aromatic carbocycles. The molecule has 2 aliphatic carbocycles. The minimum absolute atomic E-state index is 0.0279. The molecule has 0 radical (unpaired) electrons. The molecule has 0 aromatic rings. The van der Waals surface area contributed by atoms with Crippen molar-refractivity contribution in [3.8, 4) is 6.07 Å². The molecule has 2 saturated carbocycles. The molecule has 6 atom stereocenters. The molecule has 10 heteroatoms. The van der Waals surface area contributed by atoms with Gasteiger partial charge in [0.2, 0.25) is 17.6 Å². The third-order valence-corrected chi connectivity index (χ3v) is 8.64. The van der Waals surface area contributed by atoms with E-state index in [1.54, 1.807) is 20.8 Å². The molecule has 1 N–H and O–H groups in total. The van der Waals surface area contributed by atoms with Gasteiger partial charge < -0.3 is 10.2 Å². The van der Waals surface area contributed by atoms with Crippen LogP contribution in [0.5, 0.6) is 0 Å². The van der Waals surface area contributed by atoms with E-state index in [2.05, 4.69) is 11.4 Å². The highest BCUT2D eigenvalue weighted by Gasteiger charge is 2.52. The number of nitrogens with one attached hydrogen (secondary N) is 1. The normalized spacial score (nSPS) is 28.8. The molecule has 1 saturated heterocycles. The number of likely N-dealkylation sites (tertiary alicyclic amines) is 1. The molecule has 7 nitrogen and oxygen atoms in total. The summed E-state index contributed by atoms with van der Waals surface area (Å²) in [6.07, 6.45) is -1.50. The van der Waals surface area contributed by atoms with E-state index in [-0.39, 0.29) is 41.9 Å². The number of ketones is 2. The predicted molar refractivity (Wildman–Crippen MR) is 133 cm³/mol. The van der Waals surface area contributed by atoms with Gasteiger partial charge in [0.1, 0.15) is 17.9 Å². The number of Topliss-reactive ketones (excluding diaryl/α,β-unsaturated/α-hetero) is 2. The van der Waals surface area contributed by atoms with Crippen molar-refractivity contribution in [2.45, 2.75) is 104 Å². The molecule has 212 valence electrons. The van der Waals surface area contributed by atoms with Crippen LogP contribution in [0, 0.1) is 45.8 Å². The van der Waals surface area contributed by atoms with Gasteiger partial charge in [0.25, 0.3) is 0 Å². The molecule has 0 bridgehead atoms. The molecule has 0 aromatic heterocycles. The summed E-state index contributed by atoms with van der Waals surface area (Å²) in [6, 6.07) is 0.233. The van der Waals surface area contributed by atoms with E-state index in [0.29, 0.717) is 19.3 Å². The van der Waals surface area contributed by atoms with Crippen molar-refractivity contribution in [1.29, 1.82) is 5.26 Å². The summed E-state index contributed by atoms with van der Waals surface area (Å²) in [4.78, 5) is 53.1. The number of fused-ring (bicyclic) bond motifs is 1. The first-order chi connectivity index (χ1) is 17.4. The Bertz CT molecular complexity index is 995. The van der Waals surface area contributed by atoms with Crippen LogP contribution in [0.1, 0.15) is 86.0 Å². The number of carbonyl (C=O) groups excluding carboxylic acids is 4. The summed E-state index contributed by atoms with van der Waals surface area (Å²) >= 11 is 0. The van der Waals surface area contributed by atoms with E-state index in [0.717, 1.165) is 19.3 Å². The summed E-state index contributed by atoms with van der Waals surface area (Å²) in [7, 11) is 0. The second-order valence-electron chi connectivity index (χ2n) is 13.3. The summed E-state index contributed by atoms with van der Waals surface area (Å²) in [5.74, 6) is -4.77. The predicted octanol–water partition coefficient (Wildman–Crippen LogP) is 4.59. The lowest BCUT2D eigenvalue weighted by Crippen LogP contribution is -2.54. The summed E-state index contributed by atoms with van der Waals surface area (Å²) in [5, 5.41) is 12.5. The average Bonchev–Trinajstić information content (AvgIpc) is 3.30. The van der Waals surface area contributed by atoms with Crippen LogP contribution in [0.25, 0.3) is 0 Å². The number of hydrogen-bond donors (Lipinski definition) is 1. The maximum absolute atomic E-state index is 13.8. The van der Waals surface area contributed by atoms with Gasteiger partial charge in [0.05, 0.1) is 12.0 Å². The number of hydrogen-bond acceptors (Lipinski definition) is 5. The van der Waals surface area contributed by atoms with Gasteiger partial charge in [-0.2, -0.15) is 18.4 Å². The quantitative estimate of drug-likeness (QED) is 0.509. The van der Waals surface area contributed by atoms with Crippen LogP contribution in [-0.2, 0) is 19.2 Å². The minimum atomic E-state index is -5.05. The first kappa shape index (κ1) is 30.1. The van der Waals surface area contributed by atoms with E-state index in [9.17, 15) is 37.6 Å². The van der Waals surface area contributed by atoms with Crippen LogP contribution >= 0.6 is 0 Å². The fraction of sp³-hybridized carbons (Fsp3) is 0.821. The standard InChI is InChI=1S/C28H40F3N3O4/c1-26(2,3)20(11-22(36)28(29,30)31)25(38)34-15-16-8-6-7-9-19(16)23(34)24(37)33-18(14-32)10-17-12-27(4,5)13-21(17)35/h16-20,23H,6-13,15H2,1-5H3,(H,33,37)/t16-,17+,18-,19-,20+,23-/m0/s1. The maximum atomic E-state index is 13.8. The number of halogens is 3. The van der Waals surface area contributed by atoms with E-state index in [1.807, 2.05) is 13.8 Å². The number of nitrogens with zero attached hydrogens (tertiary/aromatic N) is 2. The molecule has 3 rings (SSSR count). The third-order valence-electron chi connectivity index (χ3n) is 8.64. The lowest BCUT2D eigenvalue weighted by molar-refractivity contribution is -0.174. The van der Waals surface area contributed by atoms with Crippen LogP contribution in [0.3, 0.4) is 0 Å². The van der Waals surface area contributed by atoms with E-state index >= 15 is 0 Å². The van der Waals surface area contributed by atoms with Gasteiger partial charge in [-0.3, -0.25) is 19.2 Å². The Morgan fingerprint density at radius 1 is 1.16 bits per heavy atom. The number of amides is 2. The molecule has 2 amide bonds. The second kappa shape index (κ2) is 11.0. The topological polar surface area (TPSA) is 107 Å². The highest BCUT2D eigenvalue weighted by molar-refractivity contribution is 5.93. The van der Waals surface area contributed by atoms with Crippen LogP contribution < -0.4 is 5.32 Å². The van der Waals surface area contributed by atoms with Crippen molar-refractivity contribution < 1.29 is 32.3 Å². The van der Waals surface area contributed by atoms with Gasteiger partial charge >= 0.3 is 6.18 Å². The van der Waals surface area contributed by atoms with Crippen LogP contribution in [0.4, 0.5) is 13.2 Å². The molecular weight excluding hydrogens is 499 g/mol. The summed E-state index contributed by atoms with van der Waals surface area (Å²) in [6.45, 7) is 9.06. The zero-order chi connectivity index (χ0) is 28.6. The molecule has 3 fully saturated rings. The van der Waals surface area contributed by atoms with Crippen molar-refractivity contribution in [3.63, 3.8) is 0 Å². The van der Waals surface area contributed by atoms with Crippen molar-refractivity contribution in [1.82, 2.24) is 10.2 Å². The van der Waals surface area contributed by atoms with Gasteiger partial charge in [-0.15, -0.1) is 0 Å². The number of rotatable bonds is 7. The zero-order valence-electron chi connectivity index (χ0n) is 23.0. The Kier molecular flexibility index (Phi) is 8.69. The summed E-state index contributed by atoms with van der Waals surface area (Å²) in [5.41, 5.74) is -1.11. The van der Waals surface area contributed by atoms with Crippen LogP contribution in [0.2, 0.25) is 0 Å². The van der Waals surface area contributed by atoms with Gasteiger partial charge in [-0.05, 0) is 48.3 Å². The largest absolute Gasteiger partial charge is 0.449 e. The van der Waals surface area contributed by atoms with Crippen molar-refractivity contribution in [2.24, 2.45) is 34.5 Å². The monoisotopic (exact) mass is 539 g/mol. The highest BCUT2D eigenvalue weighted by Crippen LogP contribution is 2.44. The maximum Gasteiger partial charge on any atom is 0.449 e. The smallest absolute Gasteiger partial charge is 0.339 e. The molecular formula is C28H40F3N3O4. The fourth-order valence-electron chi connectivity index (χ4n) is 6.67. The number of alkyl halides is 3. The van der Waals surface area contributed by atoms with Crippen LogP contribution in [0.15, 0.2) is 0 Å². The number of carbonyl (C=O) groups is 4. The SMILES string of the molecule is CC1(C)CC(=O)[C@H](C[C@@H](C#N)NC(=O)[C@@H]2[C@H]3CCCC[C@H]3CN2C(=O)[C@@H](CC(=O)C(F)(F)F)C(C)(C)C)C1. The fourth-order valence-corrected chi connectivity index (χ4v) is 6.67. The molecule has 0 spiro atoms. The van der Waals surface area contributed by atoms with Gasteiger partial charge in [0, 0.05) is 25.3 Å². The zero-order valence-corrected chi connectivity index (χ0v) is 23.0. The number of nitriles is 1. The Morgan fingerprint density at radius 3 is 2.32 bits per heavy atom. The van der Waals surface area contributed by atoms with Crippen molar-refractivity contribution in [2.75, 3.05) is 6.54 Å². The molecule has 0 unspecified atom stereocenters. The Morgan fingerprint density at radius 2 is 1.79 bits per heavy atom. The third kappa shape index (κ3) is 6.76. The first-order valence-corrected chi connectivity index (χ1v) is 13.6. The average molecular weight is 540 g/mol. The summed E-state index contributed by atoms with van der Waals surface area (Å²) < 4.78 is 39.3. The highest BCUT2D eigenvalue weighted by atomic mass is 19.4. The molecule has 3 aliphatic rings. The van der Waals surface area contributed by atoms with Gasteiger partial charge in [-0.25, -0.2) is 0 Å². The van der Waals surface area contributed by atoms with E-state index in [4.69, 9.17) is 0 Å². The lowest BCUT2D eigenvalue weighted by atomic mass is 9.76. The molecule has 38 heavy (non-hydrogen) atoms. The molecule has 1 aliphatic heterocycles. The Balaban J connectivity index is 1.83. The van der Waals surface area contributed by atoms with E-state index < -0.39 is 53.6 Å². The second-order valence-corrected chi connectivity index (χ2v) is 13.3. The van der Waals surface area contributed by atoms with E-state index in [1.165, 1.54) is 4.90 Å². The Hall–Kier alpha value is -2.44. The first-order valence-electron chi connectivity index (χ1n) is 13.6. The lowest BCUT2D eigenvalue weighted by Gasteiger charge is -2.36. The van der Waals surface area contributed by atoms with Crippen molar-refractivity contribution >= 4 is 23.4 Å². The Labute approximate surface area is 222 Å².